The van der Waals surface area contributed by atoms with Gasteiger partial charge in [-0.1, -0.05) is 78.4 Å². The van der Waals surface area contributed by atoms with E-state index in [-0.39, 0.29) is 23.2 Å². The van der Waals surface area contributed by atoms with Crippen LogP contribution in [0.5, 0.6) is 17.2 Å². The topological polar surface area (TPSA) is 50.7 Å². The number of nitrogens with one attached hydrogen (secondary N) is 1. The molecule has 2 N–H and O–H groups in total. The first-order valence-electron chi connectivity index (χ1n) is 12.7. The van der Waals surface area contributed by atoms with Crippen LogP contribution in [0.1, 0.15) is 31.9 Å². The van der Waals surface area contributed by atoms with Gasteiger partial charge in [0.25, 0.3) is 0 Å². The van der Waals surface area contributed by atoms with Crippen molar-refractivity contribution in [2.45, 2.75) is 32.4 Å². The number of rotatable bonds is 3. The molecular weight excluding hydrogens is 458 g/mol. The summed E-state index contributed by atoms with van der Waals surface area (Å²) in [6.07, 6.45) is 8.80. The maximum absolute atomic E-state index is 10.6. The van der Waals surface area contributed by atoms with Crippen molar-refractivity contribution in [2.24, 2.45) is 5.92 Å². The lowest BCUT2D eigenvalue weighted by atomic mass is 9.71. The van der Waals surface area contributed by atoms with E-state index in [4.69, 9.17) is 9.47 Å². The number of aromatic hydroxyl groups is 1. The van der Waals surface area contributed by atoms with E-state index in [0.29, 0.717) is 11.5 Å². The lowest BCUT2D eigenvalue weighted by molar-refractivity contribution is 0.337. The number of ether oxygens (including phenoxy) is 2. The molecule has 0 amide bonds. The van der Waals surface area contributed by atoms with Crippen LogP contribution in [0.3, 0.4) is 0 Å². The Morgan fingerprint density at radius 1 is 0.973 bits per heavy atom. The molecule has 4 nitrogen and oxygen atoms in total. The van der Waals surface area contributed by atoms with Crippen molar-refractivity contribution in [3.8, 4) is 28.4 Å². The summed E-state index contributed by atoms with van der Waals surface area (Å²) in [7, 11) is 1.58. The molecule has 0 radical (unpaired) electrons. The molecule has 3 aliphatic rings. The predicted octanol–water partition coefficient (Wildman–Crippen LogP) is 7.14. The molecule has 4 heteroatoms. The zero-order chi connectivity index (χ0) is 25.7. The highest BCUT2D eigenvalue weighted by atomic mass is 16.5. The van der Waals surface area contributed by atoms with E-state index in [1.54, 1.807) is 13.2 Å². The Labute approximate surface area is 218 Å². The Morgan fingerprint density at radius 3 is 2.43 bits per heavy atom. The normalized spacial score (nSPS) is 22.5. The largest absolute Gasteiger partial charge is 0.504 e. The van der Waals surface area contributed by atoms with E-state index >= 15 is 0 Å². The van der Waals surface area contributed by atoms with E-state index in [2.05, 4.69) is 98.9 Å². The fourth-order valence-electron chi connectivity index (χ4n) is 5.96. The molecule has 2 heterocycles. The second kappa shape index (κ2) is 8.82. The first-order valence-corrected chi connectivity index (χ1v) is 12.7. The standard InChI is InChI=1S/C33H31NO3/c1-20-19-33(2,3)34-25-15-14-24-30(29(20)25)28(37-27-17-16-26(35)32(36-4)31(24)27)18-21-10-12-23(13-11-21)22-8-6-5-7-9-22/h5-19,25,29,34-35H,1-4H3/b28-18-. The summed E-state index contributed by atoms with van der Waals surface area (Å²) in [6, 6.07) is 22.5. The van der Waals surface area contributed by atoms with Gasteiger partial charge in [-0.3, -0.25) is 0 Å². The van der Waals surface area contributed by atoms with Crippen molar-refractivity contribution in [3.63, 3.8) is 0 Å². The molecule has 3 aromatic rings. The highest BCUT2D eigenvalue weighted by Crippen LogP contribution is 2.52. The van der Waals surface area contributed by atoms with Gasteiger partial charge in [-0.15, -0.1) is 0 Å². The lowest BCUT2D eigenvalue weighted by Gasteiger charge is -2.44. The number of methoxy groups -OCH3 is 1. The SMILES string of the molecule is COc1c(O)ccc2c1C1=C(/C(=C/c3ccc(-c4ccccc4)cc3)O2)C2C(C)=CC(C)(C)NC2C=C1. The highest BCUT2D eigenvalue weighted by Gasteiger charge is 2.41. The van der Waals surface area contributed by atoms with Crippen LogP contribution in [0.25, 0.3) is 22.8 Å². The number of allylic oxidation sites excluding steroid dienone is 3. The monoisotopic (exact) mass is 489 g/mol. The van der Waals surface area contributed by atoms with Crippen LogP contribution >= 0.6 is 0 Å². The number of hydrogen-bond acceptors (Lipinski definition) is 4. The van der Waals surface area contributed by atoms with Gasteiger partial charge in [-0.25, -0.2) is 0 Å². The van der Waals surface area contributed by atoms with Gasteiger partial charge in [0, 0.05) is 23.1 Å². The van der Waals surface area contributed by atoms with Gasteiger partial charge in [-0.05, 0) is 61.2 Å². The molecule has 6 rings (SSSR count). The third-order valence-corrected chi connectivity index (χ3v) is 7.42. The van der Waals surface area contributed by atoms with E-state index in [1.807, 2.05) is 12.1 Å². The lowest BCUT2D eigenvalue weighted by Crippen LogP contribution is -2.52. The summed E-state index contributed by atoms with van der Waals surface area (Å²) in [5.74, 6) is 2.13. The third kappa shape index (κ3) is 4.08. The van der Waals surface area contributed by atoms with E-state index in [0.717, 1.165) is 28.0 Å². The molecule has 1 aliphatic carbocycles. The minimum absolute atomic E-state index is 0.100. The second-order valence-electron chi connectivity index (χ2n) is 10.5. The molecule has 3 aromatic carbocycles. The van der Waals surface area contributed by atoms with Crippen molar-refractivity contribution >= 4 is 11.6 Å². The number of benzene rings is 3. The molecule has 2 unspecified atom stereocenters. The zero-order valence-corrected chi connectivity index (χ0v) is 21.6. The van der Waals surface area contributed by atoms with Crippen molar-refractivity contribution in [1.29, 1.82) is 0 Å². The van der Waals surface area contributed by atoms with E-state index in [1.165, 1.54) is 16.7 Å². The van der Waals surface area contributed by atoms with Crippen LogP contribution in [0.15, 0.2) is 102 Å². The predicted molar refractivity (Wildman–Crippen MR) is 149 cm³/mol. The minimum atomic E-state index is -0.103. The quantitative estimate of drug-likeness (QED) is 0.384. The molecular formula is C33H31NO3. The van der Waals surface area contributed by atoms with Crippen molar-refractivity contribution < 1.29 is 14.6 Å². The first-order chi connectivity index (χ1) is 17.8. The maximum atomic E-state index is 10.6. The van der Waals surface area contributed by atoms with Gasteiger partial charge in [0.2, 0.25) is 0 Å². The van der Waals surface area contributed by atoms with Gasteiger partial charge in [0.15, 0.2) is 11.5 Å². The Balaban J connectivity index is 1.51. The molecule has 186 valence electrons. The van der Waals surface area contributed by atoms with E-state index in [9.17, 15) is 5.11 Å². The van der Waals surface area contributed by atoms with Gasteiger partial charge in [0.05, 0.1) is 12.7 Å². The number of hydrogen-bond donors (Lipinski definition) is 2. The van der Waals surface area contributed by atoms with Gasteiger partial charge < -0.3 is 19.9 Å². The molecule has 0 fully saturated rings. The zero-order valence-electron chi connectivity index (χ0n) is 21.6. The summed E-state index contributed by atoms with van der Waals surface area (Å²) in [5, 5.41) is 14.3. The summed E-state index contributed by atoms with van der Waals surface area (Å²) < 4.78 is 12.2. The third-order valence-electron chi connectivity index (χ3n) is 7.42. The Hall–Kier alpha value is -4.02. The minimum Gasteiger partial charge on any atom is -0.504 e. The number of phenols is 1. The maximum Gasteiger partial charge on any atom is 0.172 e. The molecule has 2 atom stereocenters. The van der Waals surface area contributed by atoms with Crippen LogP contribution in [0, 0.1) is 5.92 Å². The van der Waals surface area contributed by atoms with E-state index < -0.39 is 0 Å². The first kappa shape index (κ1) is 23.4. The highest BCUT2D eigenvalue weighted by molar-refractivity contribution is 5.91. The van der Waals surface area contributed by atoms with Crippen LogP contribution < -0.4 is 14.8 Å². The molecule has 0 spiro atoms. The fraction of sp³-hybridized carbons (Fsp3) is 0.212. The summed E-state index contributed by atoms with van der Waals surface area (Å²) >= 11 is 0. The van der Waals surface area contributed by atoms with Gasteiger partial charge >= 0.3 is 0 Å². The van der Waals surface area contributed by atoms with Gasteiger partial charge in [-0.2, -0.15) is 0 Å². The van der Waals surface area contributed by atoms with Crippen LogP contribution in [0.2, 0.25) is 0 Å². The smallest absolute Gasteiger partial charge is 0.172 e. The van der Waals surface area contributed by atoms with Crippen molar-refractivity contribution in [2.75, 3.05) is 7.11 Å². The number of fused-ring (bicyclic) bond motifs is 4. The molecule has 0 saturated heterocycles. The average molecular weight is 490 g/mol. The summed E-state index contributed by atoms with van der Waals surface area (Å²) in [4.78, 5) is 0. The Bertz CT molecular complexity index is 1490. The fourth-order valence-corrected chi connectivity index (χ4v) is 5.96. The van der Waals surface area contributed by atoms with Crippen molar-refractivity contribution in [1.82, 2.24) is 5.32 Å². The molecule has 37 heavy (non-hydrogen) atoms. The molecule has 0 saturated carbocycles. The van der Waals surface area contributed by atoms with Crippen LogP contribution in [-0.2, 0) is 0 Å². The number of phenolic OH excluding ortho intramolecular Hbond substituents is 1. The Kier molecular flexibility index (Phi) is 5.58. The summed E-state index contributed by atoms with van der Waals surface area (Å²) in [6.45, 7) is 6.60. The van der Waals surface area contributed by atoms with Crippen molar-refractivity contribution in [3.05, 3.63) is 113 Å². The van der Waals surface area contributed by atoms with Crippen LogP contribution in [-0.4, -0.2) is 23.8 Å². The molecule has 2 aliphatic heterocycles. The molecule has 0 bridgehead atoms. The van der Waals surface area contributed by atoms with Gasteiger partial charge in [0.1, 0.15) is 11.5 Å². The second-order valence-corrected chi connectivity index (χ2v) is 10.5. The average Bonchev–Trinajstić information content (AvgIpc) is 2.89. The molecule has 0 aromatic heterocycles. The summed E-state index contributed by atoms with van der Waals surface area (Å²) in [5.41, 5.74) is 7.54. The Morgan fingerprint density at radius 2 is 1.70 bits per heavy atom. The van der Waals surface area contributed by atoms with Crippen LogP contribution in [0.4, 0.5) is 0 Å².